The summed E-state index contributed by atoms with van der Waals surface area (Å²) in [6.07, 6.45) is 1.65. The van der Waals surface area contributed by atoms with E-state index in [0.717, 1.165) is 5.56 Å². The number of halogens is 1. The summed E-state index contributed by atoms with van der Waals surface area (Å²) in [6.45, 7) is 8.04. The molecule has 0 bridgehead atoms. The van der Waals surface area contributed by atoms with E-state index < -0.39 is 6.04 Å². The summed E-state index contributed by atoms with van der Waals surface area (Å²) in [4.78, 5) is 33.0. The van der Waals surface area contributed by atoms with E-state index >= 15 is 0 Å². The van der Waals surface area contributed by atoms with Gasteiger partial charge in [0.15, 0.2) is 16.3 Å². The molecule has 0 saturated carbocycles. The summed E-state index contributed by atoms with van der Waals surface area (Å²) in [5.74, 6) is 1.27. The minimum Gasteiger partial charge on any atom is -0.494 e. The number of benzene rings is 3. The molecular weight excluding hydrogens is 586 g/mol. The molecule has 0 saturated heterocycles. The second-order valence-corrected chi connectivity index (χ2v) is 11.5. The Kier molecular flexibility index (Phi) is 9.03. The lowest BCUT2D eigenvalue weighted by Gasteiger charge is -2.25. The third kappa shape index (κ3) is 6.38. The quantitative estimate of drug-likeness (QED) is 0.259. The van der Waals surface area contributed by atoms with Crippen LogP contribution in [0.2, 0.25) is 5.02 Å². The first-order chi connectivity index (χ1) is 20.7. The summed E-state index contributed by atoms with van der Waals surface area (Å²) in [5.41, 5.74) is 2.69. The van der Waals surface area contributed by atoms with Crippen molar-refractivity contribution in [2.75, 3.05) is 19.0 Å². The zero-order valence-electron chi connectivity index (χ0n) is 24.5. The summed E-state index contributed by atoms with van der Waals surface area (Å²) < 4.78 is 19.0. The normalized spacial score (nSPS) is 14.8. The van der Waals surface area contributed by atoms with Crippen LogP contribution in [0, 0.1) is 0 Å². The van der Waals surface area contributed by atoms with Gasteiger partial charge in [-0.05, 0) is 81.3 Å². The number of nitrogens with one attached hydrogen (secondary N) is 1. The van der Waals surface area contributed by atoms with Crippen LogP contribution in [0.15, 0.2) is 87.8 Å². The number of hydrogen-bond donors (Lipinski definition) is 1. The van der Waals surface area contributed by atoms with Crippen LogP contribution >= 0.6 is 22.9 Å². The molecule has 1 N–H and O–H groups in total. The van der Waals surface area contributed by atoms with Crippen molar-refractivity contribution in [1.29, 1.82) is 0 Å². The van der Waals surface area contributed by atoms with E-state index in [-0.39, 0.29) is 17.6 Å². The predicted octanol–water partition coefficient (Wildman–Crippen LogP) is 5.72. The number of rotatable bonds is 9. The van der Waals surface area contributed by atoms with Crippen LogP contribution in [-0.4, -0.2) is 30.3 Å². The Hall–Kier alpha value is -4.34. The first-order valence-electron chi connectivity index (χ1n) is 13.9. The second kappa shape index (κ2) is 12.9. The summed E-state index contributed by atoms with van der Waals surface area (Å²) >= 11 is 7.80. The first-order valence-corrected chi connectivity index (χ1v) is 15.1. The molecule has 4 aromatic rings. The Morgan fingerprint density at radius 1 is 1.14 bits per heavy atom. The number of ether oxygens (including phenoxy) is 3. The maximum absolute atomic E-state index is 14.1. The van der Waals surface area contributed by atoms with Crippen molar-refractivity contribution in [3.8, 4) is 17.2 Å². The fourth-order valence-corrected chi connectivity index (χ4v) is 6.19. The van der Waals surface area contributed by atoms with E-state index in [9.17, 15) is 9.59 Å². The minimum absolute atomic E-state index is 0.0972. The average molecular weight is 618 g/mol. The number of aromatic nitrogens is 1. The van der Waals surface area contributed by atoms with Gasteiger partial charge in [0.05, 0.1) is 46.7 Å². The molecule has 1 atom stereocenters. The van der Waals surface area contributed by atoms with Crippen LogP contribution in [0.25, 0.3) is 6.08 Å². The lowest BCUT2D eigenvalue weighted by atomic mass is 9.95. The number of carbonyl (C=O) groups is 1. The van der Waals surface area contributed by atoms with Gasteiger partial charge in [0, 0.05) is 5.69 Å². The second-order valence-electron chi connectivity index (χ2n) is 10.1. The minimum atomic E-state index is -0.710. The Morgan fingerprint density at radius 3 is 2.51 bits per heavy atom. The Balaban J connectivity index is 1.64. The fraction of sp³-hybridized carbons (Fsp3) is 0.242. The largest absolute Gasteiger partial charge is 0.494 e. The van der Waals surface area contributed by atoms with Crippen LogP contribution in [-0.2, 0) is 4.79 Å². The lowest BCUT2D eigenvalue weighted by molar-refractivity contribution is -0.113. The van der Waals surface area contributed by atoms with E-state index in [1.807, 2.05) is 75.4 Å². The maximum Gasteiger partial charge on any atom is 0.271 e. The van der Waals surface area contributed by atoms with Crippen molar-refractivity contribution in [1.82, 2.24) is 4.57 Å². The number of allylic oxidation sites excluding steroid dienone is 1. The third-order valence-electron chi connectivity index (χ3n) is 6.71. The van der Waals surface area contributed by atoms with E-state index in [4.69, 9.17) is 30.8 Å². The summed E-state index contributed by atoms with van der Waals surface area (Å²) in [6, 6.07) is 19.4. The summed E-state index contributed by atoms with van der Waals surface area (Å²) in [7, 11) is 1.54. The standard InChI is InChI=1S/C33H32ClN3O5S/c1-6-41-24-14-12-22(13-15-24)29-28(31(38)36-23-10-8-7-9-11-23)20(4)35-33-37(29)32(39)27(43-33)18-21-16-25(34)30(42-19(2)3)26(17-21)40-5/h7-19,29H,6H2,1-5H3,(H,36,38)/b27-18-/t29-/m0/s1. The molecule has 5 rings (SSSR count). The highest BCUT2D eigenvalue weighted by Crippen LogP contribution is 2.37. The molecular formula is C33H32ClN3O5S. The number of methoxy groups -OCH3 is 1. The van der Waals surface area contributed by atoms with Gasteiger partial charge in [0.25, 0.3) is 11.5 Å². The number of nitrogens with zero attached hydrogens (tertiary/aromatic N) is 2. The van der Waals surface area contributed by atoms with Crippen molar-refractivity contribution < 1.29 is 19.0 Å². The van der Waals surface area contributed by atoms with Gasteiger partial charge in [-0.3, -0.25) is 14.2 Å². The van der Waals surface area contributed by atoms with Crippen LogP contribution in [0.3, 0.4) is 0 Å². The van der Waals surface area contributed by atoms with E-state index in [1.54, 1.807) is 29.7 Å². The van der Waals surface area contributed by atoms with Gasteiger partial charge >= 0.3 is 0 Å². The van der Waals surface area contributed by atoms with Crippen molar-refractivity contribution >= 4 is 40.6 Å². The van der Waals surface area contributed by atoms with Crippen LogP contribution in [0.5, 0.6) is 17.2 Å². The molecule has 0 radical (unpaired) electrons. The van der Waals surface area contributed by atoms with E-state index in [0.29, 0.717) is 60.7 Å². The molecule has 222 valence electrons. The molecule has 8 nitrogen and oxygen atoms in total. The number of anilines is 1. The monoisotopic (exact) mass is 617 g/mol. The molecule has 1 aromatic heterocycles. The molecule has 1 aliphatic rings. The molecule has 10 heteroatoms. The van der Waals surface area contributed by atoms with Crippen LogP contribution < -0.4 is 34.4 Å². The SMILES string of the molecule is CCOc1ccc([C@H]2C(C(=O)Nc3ccccc3)=C(C)N=c3s/c(=C\c4cc(Cl)c(OC(C)C)c(OC)c4)c(=O)n32)cc1. The van der Waals surface area contributed by atoms with E-state index in [2.05, 4.69) is 5.32 Å². The van der Waals surface area contributed by atoms with Gasteiger partial charge in [-0.2, -0.15) is 0 Å². The highest BCUT2D eigenvalue weighted by atomic mass is 35.5. The Bertz CT molecular complexity index is 1860. The van der Waals surface area contributed by atoms with Crippen molar-refractivity contribution in [2.45, 2.75) is 39.8 Å². The molecule has 3 aromatic carbocycles. The van der Waals surface area contributed by atoms with Gasteiger partial charge in [-0.25, -0.2) is 4.99 Å². The highest BCUT2D eigenvalue weighted by molar-refractivity contribution is 7.07. The molecule has 2 heterocycles. The molecule has 0 unspecified atom stereocenters. The number of amides is 1. The smallest absolute Gasteiger partial charge is 0.271 e. The number of fused-ring (bicyclic) bond motifs is 1. The van der Waals surface area contributed by atoms with Crippen LogP contribution in [0.1, 0.15) is 44.9 Å². The average Bonchev–Trinajstić information content (AvgIpc) is 3.28. The lowest BCUT2D eigenvalue weighted by Crippen LogP contribution is -2.40. The Morgan fingerprint density at radius 2 is 1.86 bits per heavy atom. The number of hydrogen-bond acceptors (Lipinski definition) is 7. The number of thiazole rings is 1. The topological polar surface area (TPSA) is 91.2 Å². The van der Waals surface area contributed by atoms with Crippen molar-refractivity contribution in [3.63, 3.8) is 0 Å². The van der Waals surface area contributed by atoms with Crippen molar-refractivity contribution in [3.05, 3.63) is 114 Å². The third-order valence-corrected chi connectivity index (χ3v) is 7.97. The van der Waals surface area contributed by atoms with E-state index in [1.165, 1.54) is 18.4 Å². The molecule has 0 fully saturated rings. The number of carbonyl (C=O) groups excluding carboxylic acids is 1. The fourth-order valence-electron chi connectivity index (χ4n) is 4.88. The maximum atomic E-state index is 14.1. The van der Waals surface area contributed by atoms with Gasteiger partial charge in [-0.15, -0.1) is 0 Å². The zero-order valence-corrected chi connectivity index (χ0v) is 26.1. The molecule has 43 heavy (non-hydrogen) atoms. The Labute approximate surface area is 258 Å². The number of para-hydroxylation sites is 1. The molecule has 0 spiro atoms. The first kappa shape index (κ1) is 30.1. The predicted molar refractivity (Wildman–Crippen MR) is 170 cm³/mol. The summed E-state index contributed by atoms with van der Waals surface area (Å²) in [5, 5.41) is 3.34. The van der Waals surface area contributed by atoms with Crippen LogP contribution in [0.4, 0.5) is 5.69 Å². The van der Waals surface area contributed by atoms with Crippen molar-refractivity contribution in [2.24, 2.45) is 4.99 Å². The molecule has 1 aliphatic heterocycles. The zero-order chi connectivity index (χ0) is 30.7. The van der Waals surface area contributed by atoms with Gasteiger partial charge in [0.1, 0.15) is 5.75 Å². The highest BCUT2D eigenvalue weighted by Gasteiger charge is 2.32. The molecule has 1 amide bonds. The molecule has 0 aliphatic carbocycles. The van der Waals surface area contributed by atoms with Gasteiger partial charge < -0.3 is 19.5 Å². The van der Waals surface area contributed by atoms with Gasteiger partial charge in [-0.1, -0.05) is 53.3 Å². The van der Waals surface area contributed by atoms with Gasteiger partial charge in [0.2, 0.25) is 0 Å².